The summed E-state index contributed by atoms with van der Waals surface area (Å²) >= 11 is 6.11. The normalized spacial score (nSPS) is 14.8. The van der Waals surface area contributed by atoms with Gasteiger partial charge in [-0.25, -0.2) is 0 Å². The molecule has 0 saturated heterocycles. The molecule has 0 saturated carbocycles. The van der Waals surface area contributed by atoms with Crippen molar-refractivity contribution in [3.63, 3.8) is 0 Å². The van der Waals surface area contributed by atoms with E-state index in [-0.39, 0.29) is 0 Å². The van der Waals surface area contributed by atoms with Crippen LogP contribution in [0.5, 0.6) is 0 Å². The van der Waals surface area contributed by atoms with Gasteiger partial charge in [-0.1, -0.05) is 41.9 Å². The molecule has 2 heterocycles. The summed E-state index contributed by atoms with van der Waals surface area (Å²) in [7, 11) is 0. The van der Waals surface area contributed by atoms with E-state index in [2.05, 4.69) is 41.3 Å². The van der Waals surface area contributed by atoms with E-state index < -0.39 is 0 Å². The topological polar surface area (TPSA) is 16.1 Å². The van der Waals surface area contributed by atoms with E-state index in [0.717, 1.165) is 48.4 Å². The van der Waals surface area contributed by atoms with E-state index in [1.807, 2.05) is 18.2 Å². The molecule has 0 spiro atoms. The Balaban J connectivity index is 1.52. The van der Waals surface area contributed by atoms with Gasteiger partial charge in [0.1, 0.15) is 0 Å². The standard InChI is InChI=1S/C20H19ClN2/c21-18-6-7-19-16(13-18)12-17-14-23(11-9-20(17)22-19)10-8-15-4-2-1-3-5-15/h1-7,12-13H,8-11,14H2. The molecule has 0 amide bonds. The van der Waals surface area contributed by atoms with E-state index in [9.17, 15) is 0 Å². The lowest BCUT2D eigenvalue weighted by molar-refractivity contribution is 0.255. The lowest BCUT2D eigenvalue weighted by Crippen LogP contribution is -2.32. The zero-order chi connectivity index (χ0) is 15.6. The highest BCUT2D eigenvalue weighted by atomic mass is 35.5. The van der Waals surface area contributed by atoms with Crippen LogP contribution in [0.3, 0.4) is 0 Å². The number of rotatable bonds is 3. The van der Waals surface area contributed by atoms with Gasteiger partial charge in [0.15, 0.2) is 0 Å². The highest BCUT2D eigenvalue weighted by Gasteiger charge is 2.18. The summed E-state index contributed by atoms with van der Waals surface area (Å²) < 4.78 is 0. The van der Waals surface area contributed by atoms with Crippen molar-refractivity contribution >= 4 is 22.5 Å². The molecule has 1 aliphatic heterocycles. The molecule has 0 unspecified atom stereocenters. The summed E-state index contributed by atoms with van der Waals surface area (Å²) in [6.07, 6.45) is 2.13. The lowest BCUT2D eigenvalue weighted by atomic mass is 10.0. The molecule has 1 aliphatic rings. The van der Waals surface area contributed by atoms with Gasteiger partial charge in [0.25, 0.3) is 0 Å². The zero-order valence-corrected chi connectivity index (χ0v) is 13.8. The van der Waals surface area contributed by atoms with Crippen LogP contribution in [0.2, 0.25) is 5.02 Å². The summed E-state index contributed by atoms with van der Waals surface area (Å²) in [5.74, 6) is 0. The van der Waals surface area contributed by atoms with Gasteiger partial charge < -0.3 is 0 Å². The smallest absolute Gasteiger partial charge is 0.0706 e. The fourth-order valence-electron chi connectivity index (χ4n) is 3.29. The maximum absolute atomic E-state index is 6.11. The van der Waals surface area contributed by atoms with E-state index in [1.165, 1.54) is 16.8 Å². The van der Waals surface area contributed by atoms with Gasteiger partial charge in [-0.2, -0.15) is 0 Å². The average Bonchev–Trinajstić information content (AvgIpc) is 2.59. The Morgan fingerprint density at radius 3 is 2.78 bits per heavy atom. The fraction of sp³-hybridized carbons (Fsp3) is 0.250. The van der Waals surface area contributed by atoms with Crippen molar-refractivity contribution < 1.29 is 0 Å². The van der Waals surface area contributed by atoms with Crippen LogP contribution >= 0.6 is 11.6 Å². The number of hydrogen-bond donors (Lipinski definition) is 0. The first-order valence-corrected chi connectivity index (χ1v) is 8.50. The second-order valence-corrected chi connectivity index (χ2v) is 6.63. The molecule has 0 atom stereocenters. The van der Waals surface area contributed by atoms with Crippen LogP contribution in [0.1, 0.15) is 16.8 Å². The second kappa shape index (κ2) is 6.31. The van der Waals surface area contributed by atoms with Gasteiger partial charge in [0.05, 0.1) is 5.52 Å². The molecule has 116 valence electrons. The summed E-state index contributed by atoms with van der Waals surface area (Å²) in [5, 5.41) is 1.91. The highest BCUT2D eigenvalue weighted by molar-refractivity contribution is 6.31. The minimum atomic E-state index is 0.774. The molecule has 2 nitrogen and oxygen atoms in total. The number of hydrogen-bond acceptors (Lipinski definition) is 2. The van der Waals surface area contributed by atoms with Crippen LogP contribution in [0, 0.1) is 0 Å². The van der Waals surface area contributed by atoms with Gasteiger partial charge in [-0.15, -0.1) is 0 Å². The molecule has 0 aliphatic carbocycles. The first kappa shape index (κ1) is 14.7. The van der Waals surface area contributed by atoms with Crippen molar-refractivity contribution in [3.8, 4) is 0 Å². The SMILES string of the molecule is Clc1ccc2nc3c(cc2c1)CN(CCc1ccccc1)CC3. The third-order valence-corrected chi connectivity index (χ3v) is 4.80. The largest absolute Gasteiger partial charge is 0.298 e. The molecule has 1 aromatic heterocycles. The molecule has 3 aromatic rings. The number of pyridine rings is 1. The summed E-state index contributed by atoms with van der Waals surface area (Å²) in [4.78, 5) is 7.35. The second-order valence-electron chi connectivity index (χ2n) is 6.19. The van der Waals surface area contributed by atoms with Crippen LogP contribution < -0.4 is 0 Å². The maximum Gasteiger partial charge on any atom is 0.0706 e. The number of fused-ring (bicyclic) bond motifs is 2. The van der Waals surface area contributed by atoms with Crippen molar-refractivity contribution in [1.29, 1.82) is 0 Å². The quantitative estimate of drug-likeness (QED) is 0.706. The first-order valence-electron chi connectivity index (χ1n) is 8.12. The van der Waals surface area contributed by atoms with Gasteiger partial charge in [-0.05, 0) is 41.8 Å². The minimum Gasteiger partial charge on any atom is -0.298 e. The summed E-state index contributed by atoms with van der Waals surface area (Å²) in [6, 6.07) is 18.9. The number of nitrogens with zero attached hydrogens (tertiary/aromatic N) is 2. The Hall–Kier alpha value is -1.90. The van der Waals surface area contributed by atoms with Crippen molar-refractivity contribution in [2.75, 3.05) is 13.1 Å². The Morgan fingerprint density at radius 1 is 1.04 bits per heavy atom. The molecule has 3 heteroatoms. The van der Waals surface area contributed by atoms with E-state index in [1.54, 1.807) is 0 Å². The molecular weight excluding hydrogens is 304 g/mol. The molecule has 0 radical (unpaired) electrons. The lowest BCUT2D eigenvalue weighted by Gasteiger charge is -2.28. The average molecular weight is 323 g/mol. The first-order chi connectivity index (χ1) is 11.3. The molecule has 4 rings (SSSR count). The Morgan fingerprint density at radius 2 is 1.91 bits per heavy atom. The summed E-state index contributed by atoms with van der Waals surface area (Å²) in [6.45, 7) is 3.17. The van der Waals surface area contributed by atoms with Crippen molar-refractivity contribution in [3.05, 3.63) is 76.4 Å². The zero-order valence-electron chi connectivity index (χ0n) is 13.0. The minimum absolute atomic E-state index is 0.774. The van der Waals surface area contributed by atoms with Crippen molar-refractivity contribution in [2.24, 2.45) is 0 Å². The van der Waals surface area contributed by atoms with Crippen LogP contribution in [0.25, 0.3) is 10.9 Å². The number of benzene rings is 2. The third kappa shape index (κ3) is 3.24. The van der Waals surface area contributed by atoms with Gasteiger partial charge in [0.2, 0.25) is 0 Å². The van der Waals surface area contributed by atoms with Gasteiger partial charge in [0, 0.05) is 42.2 Å². The Labute approximate surface area is 141 Å². The van der Waals surface area contributed by atoms with Crippen LogP contribution in [0.4, 0.5) is 0 Å². The van der Waals surface area contributed by atoms with Crippen LogP contribution in [-0.4, -0.2) is 23.0 Å². The molecule has 23 heavy (non-hydrogen) atoms. The number of aromatic nitrogens is 1. The molecular formula is C20H19ClN2. The molecule has 0 N–H and O–H groups in total. The van der Waals surface area contributed by atoms with Gasteiger partial charge >= 0.3 is 0 Å². The van der Waals surface area contributed by atoms with Gasteiger partial charge in [-0.3, -0.25) is 9.88 Å². The van der Waals surface area contributed by atoms with E-state index in [0.29, 0.717) is 0 Å². The third-order valence-electron chi connectivity index (χ3n) is 4.56. The van der Waals surface area contributed by atoms with Crippen molar-refractivity contribution in [1.82, 2.24) is 9.88 Å². The molecule has 2 aromatic carbocycles. The monoisotopic (exact) mass is 322 g/mol. The fourth-order valence-corrected chi connectivity index (χ4v) is 3.47. The van der Waals surface area contributed by atoms with Crippen molar-refractivity contribution in [2.45, 2.75) is 19.4 Å². The predicted molar refractivity (Wildman–Crippen MR) is 95.9 cm³/mol. The Kier molecular flexibility index (Phi) is 4.02. The molecule has 0 bridgehead atoms. The van der Waals surface area contributed by atoms with E-state index in [4.69, 9.17) is 16.6 Å². The summed E-state index contributed by atoms with van der Waals surface area (Å²) in [5.41, 5.74) is 5.04. The predicted octanol–water partition coefficient (Wildman–Crippen LogP) is 4.49. The van der Waals surface area contributed by atoms with Crippen LogP contribution in [0.15, 0.2) is 54.6 Å². The van der Waals surface area contributed by atoms with E-state index >= 15 is 0 Å². The Bertz CT molecular complexity index is 830. The molecule has 0 fully saturated rings. The highest BCUT2D eigenvalue weighted by Crippen LogP contribution is 2.24. The maximum atomic E-state index is 6.11. The number of halogens is 1. The van der Waals surface area contributed by atoms with Crippen LogP contribution in [-0.2, 0) is 19.4 Å².